The molecule has 0 fully saturated rings. The summed E-state index contributed by atoms with van der Waals surface area (Å²) in [6.07, 6.45) is 0. The SMILES string of the molecule is Cc1ccccc1C(=O)c1ccc(Nc2ccc(Br)cc2COCCn2c(O)ccc2O)cc1Cl. The highest BCUT2D eigenvalue weighted by Crippen LogP contribution is 2.29. The number of aromatic nitrogens is 1. The topological polar surface area (TPSA) is 83.7 Å². The summed E-state index contributed by atoms with van der Waals surface area (Å²) in [7, 11) is 0. The molecule has 0 atom stereocenters. The van der Waals surface area contributed by atoms with Gasteiger partial charge in [-0.15, -0.1) is 0 Å². The van der Waals surface area contributed by atoms with Crippen LogP contribution in [0.15, 0.2) is 77.3 Å². The van der Waals surface area contributed by atoms with Crippen molar-refractivity contribution in [2.45, 2.75) is 20.1 Å². The van der Waals surface area contributed by atoms with E-state index in [2.05, 4.69) is 21.2 Å². The molecule has 0 spiro atoms. The molecule has 3 aromatic carbocycles. The number of ether oxygens (including phenoxy) is 1. The van der Waals surface area contributed by atoms with Gasteiger partial charge in [-0.3, -0.25) is 9.36 Å². The van der Waals surface area contributed by atoms with E-state index >= 15 is 0 Å². The number of carbonyl (C=O) groups excluding carboxylic acids is 1. The van der Waals surface area contributed by atoms with Crippen LogP contribution in [-0.2, 0) is 17.9 Å². The molecule has 0 aliphatic carbocycles. The Morgan fingerprint density at radius 2 is 1.74 bits per heavy atom. The molecule has 0 saturated heterocycles. The number of hydrogen-bond acceptors (Lipinski definition) is 5. The maximum Gasteiger partial charge on any atom is 0.194 e. The molecule has 1 aromatic heterocycles. The predicted octanol–water partition coefficient (Wildman–Crippen LogP) is 6.82. The minimum absolute atomic E-state index is 0.0165. The highest BCUT2D eigenvalue weighted by molar-refractivity contribution is 9.10. The lowest BCUT2D eigenvalue weighted by atomic mass is 9.99. The molecule has 4 rings (SSSR count). The van der Waals surface area contributed by atoms with Crippen molar-refractivity contribution in [1.82, 2.24) is 4.57 Å². The number of ketones is 1. The van der Waals surface area contributed by atoms with Crippen LogP contribution in [0.3, 0.4) is 0 Å². The smallest absolute Gasteiger partial charge is 0.194 e. The number of aromatic hydroxyl groups is 2. The Kier molecular flexibility index (Phi) is 7.80. The minimum atomic E-state index is -0.114. The first-order valence-corrected chi connectivity index (χ1v) is 12.1. The van der Waals surface area contributed by atoms with Crippen molar-refractivity contribution in [2.24, 2.45) is 0 Å². The Bertz CT molecular complexity index is 1350. The summed E-state index contributed by atoms with van der Waals surface area (Å²) in [5, 5.41) is 23.2. The summed E-state index contributed by atoms with van der Waals surface area (Å²) in [4.78, 5) is 13.0. The molecular weight excluding hydrogens is 532 g/mol. The van der Waals surface area contributed by atoms with Crippen LogP contribution < -0.4 is 5.32 Å². The van der Waals surface area contributed by atoms with Crippen molar-refractivity contribution in [3.63, 3.8) is 0 Å². The van der Waals surface area contributed by atoms with Gasteiger partial charge in [-0.2, -0.15) is 0 Å². The molecule has 0 radical (unpaired) electrons. The van der Waals surface area contributed by atoms with E-state index in [1.807, 2.05) is 49.4 Å². The number of carbonyl (C=O) groups is 1. The quantitative estimate of drug-likeness (QED) is 0.156. The van der Waals surface area contributed by atoms with Gasteiger partial charge < -0.3 is 20.3 Å². The van der Waals surface area contributed by atoms with Crippen LogP contribution in [0.1, 0.15) is 27.0 Å². The standard InChI is InChI=1S/C27H24BrClN2O4/c1-17-4-2-3-5-21(17)27(34)22-8-7-20(15-23(22)29)30-24-9-6-19(28)14-18(24)16-35-13-12-31-25(32)10-11-26(31)33/h2-11,14-15,30,32-33H,12-13,16H2,1H3. The third-order valence-electron chi connectivity index (χ3n) is 5.60. The zero-order chi connectivity index (χ0) is 24.9. The maximum absolute atomic E-state index is 13.0. The van der Waals surface area contributed by atoms with E-state index in [-0.39, 0.29) is 17.5 Å². The molecule has 1 heterocycles. The van der Waals surface area contributed by atoms with Gasteiger partial charge in [0.2, 0.25) is 0 Å². The van der Waals surface area contributed by atoms with Crippen LogP contribution >= 0.6 is 27.5 Å². The van der Waals surface area contributed by atoms with Crippen LogP contribution in [-0.4, -0.2) is 27.2 Å². The van der Waals surface area contributed by atoms with Gasteiger partial charge in [-0.05, 0) is 48.9 Å². The highest BCUT2D eigenvalue weighted by atomic mass is 79.9. The fourth-order valence-electron chi connectivity index (χ4n) is 3.72. The number of anilines is 2. The van der Waals surface area contributed by atoms with E-state index in [1.54, 1.807) is 18.2 Å². The van der Waals surface area contributed by atoms with Crippen molar-refractivity contribution < 1.29 is 19.7 Å². The summed E-state index contributed by atoms with van der Waals surface area (Å²) in [6, 6.07) is 21.4. The van der Waals surface area contributed by atoms with Gasteiger partial charge in [0.05, 0.1) is 24.8 Å². The number of nitrogens with one attached hydrogen (secondary N) is 1. The molecule has 8 heteroatoms. The van der Waals surface area contributed by atoms with Gasteiger partial charge in [-0.1, -0.05) is 51.8 Å². The minimum Gasteiger partial charge on any atom is -0.494 e. The normalized spacial score (nSPS) is 10.9. The van der Waals surface area contributed by atoms with E-state index in [9.17, 15) is 15.0 Å². The third kappa shape index (κ3) is 5.88. The molecule has 0 aliphatic heterocycles. The Balaban J connectivity index is 1.46. The lowest BCUT2D eigenvalue weighted by Crippen LogP contribution is -2.07. The molecular formula is C27H24BrClN2O4. The Hall–Kier alpha value is -3.26. The van der Waals surface area contributed by atoms with Gasteiger partial charge in [0.15, 0.2) is 17.5 Å². The Labute approximate surface area is 216 Å². The van der Waals surface area contributed by atoms with Crippen LogP contribution in [0.2, 0.25) is 5.02 Å². The fourth-order valence-corrected chi connectivity index (χ4v) is 4.40. The molecule has 0 aliphatic rings. The maximum atomic E-state index is 13.0. The van der Waals surface area contributed by atoms with E-state index in [1.165, 1.54) is 16.7 Å². The van der Waals surface area contributed by atoms with E-state index in [0.717, 1.165) is 27.0 Å². The molecule has 180 valence electrons. The average molecular weight is 556 g/mol. The predicted molar refractivity (Wildman–Crippen MR) is 141 cm³/mol. The largest absolute Gasteiger partial charge is 0.494 e. The second-order valence-corrected chi connectivity index (χ2v) is 9.34. The summed E-state index contributed by atoms with van der Waals surface area (Å²) < 4.78 is 8.06. The van der Waals surface area contributed by atoms with Gasteiger partial charge in [-0.25, -0.2) is 0 Å². The molecule has 0 saturated carbocycles. The zero-order valence-electron chi connectivity index (χ0n) is 19.0. The lowest BCUT2D eigenvalue weighted by Gasteiger charge is -2.15. The van der Waals surface area contributed by atoms with Gasteiger partial charge in [0.25, 0.3) is 0 Å². The van der Waals surface area contributed by atoms with Crippen molar-refractivity contribution in [3.05, 3.63) is 105 Å². The number of nitrogens with zero attached hydrogens (tertiary/aromatic N) is 1. The number of aryl methyl sites for hydroxylation is 1. The Morgan fingerprint density at radius 1 is 1.00 bits per heavy atom. The van der Waals surface area contributed by atoms with Crippen molar-refractivity contribution in [3.8, 4) is 11.8 Å². The van der Waals surface area contributed by atoms with Gasteiger partial charge in [0.1, 0.15) is 0 Å². The number of halogens is 2. The fraction of sp³-hybridized carbons (Fsp3) is 0.148. The molecule has 3 N–H and O–H groups in total. The number of hydrogen-bond donors (Lipinski definition) is 3. The molecule has 0 bridgehead atoms. The second-order valence-electron chi connectivity index (χ2n) is 8.02. The molecule has 0 amide bonds. The Morgan fingerprint density at radius 3 is 2.46 bits per heavy atom. The first kappa shape index (κ1) is 24.9. The van der Waals surface area contributed by atoms with Crippen molar-refractivity contribution in [1.29, 1.82) is 0 Å². The summed E-state index contributed by atoms with van der Waals surface area (Å²) >= 11 is 9.99. The molecule has 0 unspecified atom stereocenters. The van der Waals surface area contributed by atoms with Crippen LogP contribution in [0, 0.1) is 6.92 Å². The first-order valence-electron chi connectivity index (χ1n) is 10.9. The van der Waals surface area contributed by atoms with Gasteiger partial charge >= 0.3 is 0 Å². The van der Waals surface area contributed by atoms with Crippen LogP contribution in [0.25, 0.3) is 0 Å². The number of benzene rings is 3. The third-order valence-corrected chi connectivity index (χ3v) is 6.41. The molecule has 6 nitrogen and oxygen atoms in total. The van der Waals surface area contributed by atoms with Crippen molar-refractivity contribution in [2.75, 3.05) is 11.9 Å². The molecule has 4 aromatic rings. The summed E-state index contributed by atoms with van der Waals surface area (Å²) in [6.45, 7) is 2.82. The summed E-state index contributed by atoms with van der Waals surface area (Å²) in [5.41, 5.74) is 4.44. The zero-order valence-corrected chi connectivity index (χ0v) is 21.3. The van der Waals surface area contributed by atoms with Crippen LogP contribution in [0.4, 0.5) is 11.4 Å². The monoisotopic (exact) mass is 554 g/mol. The van der Waals surface area contributed by atoms with Crippen molar-refractivity contribution >= 4 is 44.7 Å². The van der Waals surface area contributed by atoms with E-state index in [4.69, 9.17) is 16.3 Å². The van der Waals surface area contributed by atoms with Gasteiger partial charge in [0, 0.05) is 44.7 Å². The van der Waals surface area contributed by atoms with E-state index < -0.39 is 0 Å². The summed E-state index contributed by atoms with van der Waals surface area (Å²) in [5.74, 6) is -0.147. The number of rotatable bonds is 9. The second kappa shape index (κ2) is 11.0. The average Bonchev–Trinajstić information content (AvgIpc) is 3.15. The highest BCUT2D eigenvalue weighted by Gasteiger charge is 2.15. The first-order chi connectivity index (χ1) is 16.8. The van der Waals surface area contributed by atoms with E-state index in [0.29, 0.717) is 35.9 Å². The lowest BCUT2D eigenvalue weighted by molar-refractivity contribution is 0.103. The van der Waals surface area contributed by atoms with Crippen LogP contribution in [0.5, 0.6) is 11.8 Å². The molecule has 35 heavy (non-hydrogen) atoms.